The van der Waals surface area contributed by atoms with Gasteiger partial charge >= 0.3 is 0 Å². The molecule has 168 valence electrons. The molecule has 1 amide bonds. The summed E-state index contributed by atoms with van der Waals surface area (Å²) in [7, 11) is 1.60. The van der Waals surface area contributed by atoms with E-state index in [1.807, 2.05) is 36.4 Å². The minimum Gasteiger partial charge on any atom is -0.493 e. The van der Waals surface area contributed by atoms with Crippen molar-refractivity contribution in [2.24, 2.45) is 0 Å². The Hall–Kier alpha value is -3.19. The highest BCUT2D eigenvalue weighted by molar-refractivity contribution is 7.15. The lowest BCUT2D eigenvalue weighted by Gasteiger charge is -2.12. The van der Waals surface area contributed by atoms with Gasteiger partial charge in [-0.3, -0.25) is 10.1 Å². The topological polar surface area (TPSA) is 73.3 Å². The predicted octanol–water partition coefficient (Wildman–Crippen LogP) is 5.99. The van der Waals surface area contributed by atoms with Gasteiger partial charge in [-0.05, 0) is 54.7 Å². The number of hydrogen-bond donors (Lipinski definition) is 1. The van der Waals surface area contributed by atoms with E-state index < -0.39 is 0 Å². The van der Waals surface area contributed by atoms with Crippen LogP contribution in [0.4, 0.5) is 5.13 Å². The van der Waals surface area contributed by atoms with Crippen LogP contribution in [0.15, 0.2) is 48.5 Å². The summed E-state index contributed by atoms with van der Waals surface area (Å²) in [6.07, 6.45) is 5.21. The van der Waals surface area contributed by atoms with Gasteiger partial charge in [0.05, 0.1) is 7.11 Å². The van der Waals surface area contributed by atoms with E-state index in [4.69, 9.17) is 9.47 Å². The Bertz CT molecular complexity index is 1070. The molecule has 0 radical (unpaired) electrons. The Morgan fingerprint density at radius 2 is 1.91 bits per heavy atom. The van der Waals surface area contributed by atoms with Gasteiger partial charge in [-0.2, -0.15) is 0 Å². The molecule has 0 aliphatic rings. The summed E-state index contributed by atoms with van der Waals surface area (Å²) in [6.45, 7) is 6.78. The van der Waals surface area contributed by atoms with Gasteiger partial charge < -0.3 is 9.47 Å². The smallest absolute Gasteiger partial charge is 0.250 e. The van der Waals surface area contributed by atoms with Crippen molar-refractivity contribution >= 4 is 28.5 Å². The van der Waals surface area contributed by atoms with Crippen LogP contribution in [0.3, 0.4) is 0 Å². The lowest BCUT2D eigenvalue weighted by atomic mass is 10.1. The van der Waals surface area contributed by atoms with Crippen LogP contribution in [0.25, 0.3) is 6.08 Å². The third kappa shape index (κ3) is 6.17. The van der Waals surface area contributed by atoms with E-state index in [0.717, 1.165) is 29.0 Å². The van der Waals surface area contributed by atoms with E-state index in [0.29, 0.717) is 29.2 Å². The van der Waals surface area contributed by atoms with Crippen LogP contribution in [-0.4, -0.2) is 23.2 Å². The SMILES string of the molecule is CCC(CC)c1nnc(NC(=O)/C=C/c2ccc(OCc3ccccc3C)c(OC)c2)s1. The average Bonchev–Trinajstić information content (AvgIpc) is 3.26. The van der Waals surface area contributed by atoms with Crippen LogP contribution in [-0.2, 0) is 11.4 Å². The Kier molecular flexibility index (Phi) is 8.39. The minimum absolute atomic E-state index is 0.254. The summed E-state index contributed by atoms with van der Waals surface area (Å²) < 4.78 is 11.4. The molecular weight excluding hydrogens is 422 g/mol. The lowest BCUT2D eigenvalue weighted by Crippen LogP contribution is -2.07. The van der Waals surface area contributed by atoms with Crippen LogP contribution in [0, 0.1) is 6.92 Å². The molecule has 0 saturated carbocycles. The highest BCUT2D eigenvalue weighted by Crippen LogP contribution is 2.30. The summed E-state index contributed by atoms with van der Waals surface area (Å²) in [4.78, 5) is 12.3. The van der Waals surface area contributed by atoms with E-state index in [9.17, 15) is 4.79 Å². The number of benzene rings is 2. The van der Waals surface area contributed by atoms with Gasteiger partial charge in [-0.1, -0.05) is 55.5 Å². The number of amides is 1. The third-order valence-corrected chi connectivity index (χ3v) is 6.27. The van der Waals surface area contributed by atoms with Gasteiger partial charge in [-0.25, -0.2) is 0 Å². The maximum absolute atomic E-state index is 12.3. The van der Waals surface area contributed by atoms with Crippen LogP contribution in [0.1, 0.15) is 54.3 Å². The number of rotatable bonds is 10. The molecule has 0 unspecified atom stereocenters. The zero-order chi connectivity index (χ0) is 22.9. The zero-order valence-corrected chi connectivity index (χ0v) is 19.7. The van der Waals surface area contributed by atoms with Gasteiger partial charge in [0, 0.05) is 12.0 Å². The maximum atomic E-state index is 12.3. The summed E-state index contributed by atoms with van der Waals surface area (Å²) in [5, 5.41) is 12.5. The molecule has 0 bridgehead atoms. The van der Waals surface area contributed by atoms with Gasteiger partial charge in [0.2, 0.25) is 11.0 Å². The number of hydrogen-bond acceptors (Lipinski definition) is 6. The fourth-order valence-electron chi connectivity index (χ4n) is 3.24. The van der Waals surface area contributed by atoms with Crippen molar-refractivity contribution in [2.45, 2.75) is 46.1 Å². The Balaban J connectivity index is 1.61. The second-order valence-corrected chi connectivity index (χ2v) is 8.42. The van der Waals surface area contributed by atoms with Crippen LogP contribution in [0.5, 0.6) is 11.5 Å². The van der Waals surface area contributed by atoms with Gasteiger partial charge in [-0.15, -0.1) is 10.2 Å². The molecule has 0 aliphatic heterocycles. The van der Waals surface area contributed by atoms with E-state index >= 15 is 0 Å². The van der Waals surface area contributed by atoms with E-state index in [1.54, 1.807) is 13.2 Å². The van der Waals surface area contributed by atoms with Gasteiger partial charge in [0.15, 0.2) is 11.5 Å². The van der Waals surface area contributed by atoms with Gasteiger partial charge in [0.1, 0.15) is 11.6 Å². The molecule has 0 fully saturated rings. The highest BCUT2D eigenvalue weighted by Gasteiger charge is 2.14. The molecule has 2 aromatic carbocycles. The minimum atomic E-state index is -0.254. The van der Waals surface area contributed by atoms with Crippen molar-refractivity contribution in [3.8, 4) is 11.5 Å². The van der Waals surface area contributed by atoms with Crippen molar-refractivity contribution < 1.29 is 14.3 Å². The first kappa shape index (κ1) is 23.5. The van der Waals surface area contributed by atoms with Gasteiger partial charge in [0.25, 0.3) is 0 Å². The number of carbonyl (C=O) groups excluding carboxylic acids is 1. The number of anilines is 1. The fraction of sp³-hybridized carbons (Fsp3) is 0.320. The third-order valence-electron chi connectivity index (χ3n) is 5.26. The number of aromatic nitrogens is 2. The van der Waals surface area contributed by atoms with Crippen LogP contribution < -0.4 is 14.8 Å². The summed E-state index contributed by atoms with van der Waals surface area (Å²) in [5.74, 6) is 1.39. The predicted molar refractivity (Wildman–Crippen MR) is 129 cm³/mol. The lowest BCUT2D eigenvalue weighted by molar-refractivity contribution is -0.111. The molecule has 3 aromatic rings. The average molecular weight is 452 g/mol. The van der Waals surface area contributed by atoms with Crippen molar-refractivity contribution in [2.75, 3.05) is 12.4 Å². The number of carbonyl (C=O) groups is 1. The first-order valence-corrected chi connectivity index (χ1v) is 11.5. The Morgan fingerprint density at radius 3 is 2.62 bits per heavy atom. The van der Waals surface area contributed by atoms with Crippen molar-refractivity contribution in [3.63, 3.8) is 0 Å². The molecule has 7 heteroatoms. The number of aryl methyl sites for hydroxylation is 1. The zero-order valence-electron chi connectivity index (χ0n) is 18.9. The summed E-state index contributed by atoms with van der Waals surface area (Å²) in [6, 6.07) is 13.7. The standard InChI is InChI=1S/C25H29N3O3S/c1-5-19(6-2)24-27-28-25(32-24)26-23(29)14-12-18-11-13-21(22(15-18)30-4)31-16-20-10-8-7-9-17(20)3/h7-15,19H,5-6,16H2,1-4H3,(H,26,28,29)/b14-12+. The molecule has 6 nitrogen and oxygen atoms in total. The first-order chi connectivity index (χ1) is 15.5. The number of methoxy groups -OCH3 is 1. The molecule has 0 saturated heterocycles. The quantitative estimate of drug-likeness (QED) is 0.383. The van der Waals surface area contributed by atoms with Crippen LogP contribution >= 0.6 is 11.3 Å². The molecule has 0 aliphatic carbocycles. The number of ether oxygens (including phenoxy) is 2. The van der Waals surface area contributed by atoms with E-state index in [2.05, 4.69) is 42.4 Å². The van der Waals surface area contributed by atoms with Crippen molar-refractivity contribution in [1.29, 1.82) is 0 Å². The van der Waals surface area contributed by atoms with Crippen molar-refractivity contribution in [3.05, 3.63) is 70.2 Å². The number of nitrogens with one attached hydrogen (secondary N) is 1. The van der Waals surface area contributed by atoms with Crippen LogP contribution in [0.2, 0.25) is 0 Å². The maximum Gasteiger partial charge on any atom is 0.250 e. The molecule has 1 N–H and O–H groups in total. The van der Waals surface area contributed by atoms with Crippen molar-refractivity contribution in [1.82, 2.24) is 10.2 Å². The summed E-state index contributed by atoms with van der Waals surface area (Å²) in [5.41, 5.74) is 3.13. The Labute approximate surface area is 193 Å². The highest BCUT2D eigenvalue weighted by atomic mass is 32.1. The molecular formula is C25H29N3O3S. The molecule has 0 spiro atoms. The fourth-order valence-corrected chi connectivity index (χ4v) is 4.25. The molecule has 3 rings (SSSR count). The second kappa shape index (κ2) is 11.4. The summed E-state index contributed by atoms with van der Waals surface area (Å²) >= 11 is 1.43. The Morgan fingerprint density at radius 1 is 1.12 bits per heavy atom. The monoisotopic (exact) mass is 451 g/mol. The molecule has 1 aromatic heterocycles. The normalized spacial score (nSPS) is 11.2. The molecule has 1 heterocycles. The second-order valence-electron chi connectivity index (χ2n) is 7.41. The largest absolute Gasteiger partial charge is 0.493 e. The number of nitrogens with zero attached hydrogens (tertiary/aromatic N) is 2. The van der Waals surface area contributed by atoms with E-state index in [1.165, 1.54) is 23.0 Å². The van der Waals surface area contributed by atoms with E-state index in [-0.39, 0.29) is 5.91 Å². The molecule has 32 heavy (non-hydrogen) atoms. The first-order valence-electron chi connectivity index (χ1n) is 10.7. The molecule has 0 atom stereocenters.